The maximum atomic E-state index is 10.9. The molecule has 2 N–H and O–H groups in total. The Bertz CT molecular complexity index is 447. The fourth-order valence-corrected chi connectivity index (χ4v) is 1.57. The predicted octanol–water partition coefficient (Wildman–Crippen LogP) is 1.96. The van der Waals surface area contributed by atoms with Crippen molar-refractivity contribution in [1.82, 2.24) is 4.98 Å². The molecule has 0 aliphatic carbocycles. The summed E-state index contributed by atoms with van der Waals surface area (Å²) in [7, 11) is 1.44. The first-order chi connectivity index (χ1) is 8.95. The summed E-state index contributed by atoms with van der Waals surface area (Å²) in [5.41, 5.74) is -1.05. The van der Waals surface area contributed by atoms with E-state index < -0.39 is 10.5 Å². The second-order valence-corrected chi connectivity index (χ2v) is 4.26. The van der Waals surface area contributed by atoms with E-state index in [2.05, 4.69) is 10.3 Å². The van der Waals surface area contributed by atoms with Crippen LogP contribution in [0, 0.1) is 10.1 Å². The van der Waals surface area contributed by atoms with E-state index in [9.17, 15) is 15.2 Å². The highest BCUT2D eigenvalue weighted by Crippen LogP contribution is 2.26. The summed E-state index contributed by atoms with van der Waals surface area (Å²) in [4.78, 5) is 14.4. The summed E-state index contributed by atoms with van der Waals surface area (Å²) in [5, 5.41) is 23.9. The van der Waals surface area contributed by atoms with Crippen molar-refractivity contribution in [2.75, 3.05) is 19.0 Å². The third kappa shape index (κ3) is 3.78. The average Bonchev–Trinajstić information content (AvgIpc) is 2.44. The Morgan fingerprint density at radius 3 is 2.58 bits per heavy atom. The molecule has 0 spiro atoms. The Hall–Kier alpha value is -1.89. The van der Waals surface area contributed by atoms with E-state index >= 15 is 0 Å². The summed E-state index contributed by atoms with van der Waals surface area (Å²) >= 11 is 0. The lowest BCUT2D eigenvalue weighted by molar-refractivity contribution is -0.384. The molecule has 0 saturated heterocycles. The van der Waals surface area contributed by atoms with Gasteiger partial charge in [-0.05, 0) is 12.8 Å². The number of nitrogens with zero attached hydrogens (tertiary/aromatic N) is 2. The molecule has 0 bridgehead atoms. The van der Waals surface area contributed by atoms with E-state index in [1.54, 1.807) is 0 Å². The first-order valence-corrected chi connectivity index (χ1v) is 6.11. The molecule has 0 radical (unpaired) electrons. The standard InChI is InChI=1S/C12H19N3O4/c1-4-12(16,5-2)8-13-11-9(15(17)18)6-7-10(14-11)19-3/h6-7,16H,4-5,8H2,1-3H3,(H,13,14). The van der Waals surface area contributed by atoms with E-state index in [4.69, 9.17) is 4.74 Å². The number of ether oxygens (including phenoxy) is 1. The lowest BCUT2D eigenvalue weighted by atomic mass is 9.98. The lowest BCUT2D eigenvalue weighted by Crippen LogP contribution is -2.35. The quantitative estimate of drug-likeness (QED) is 0.580. The molecule has 0 atom stereocenters. The SMILES string of the molecule is CCC(O)(CC)CNc1nc(OC)ccc1[N+](=O)[O-]. The van der Waals surface area contributed by atoms with Gasteiger partial charge in [-0.3, -0.25) is 10.1 Å². The molecule has 7 nitrogen and oxygen atoms in total. The van der Waals surface area contributed by atoms with Gasteiger partial charge in [0.1, 0.15) is 0 Å². The number of aliphatic hydroxyl groups is 1. The van der Waals surface area contributed by atoms with Crippen LogP contribution in [0.2, 0.25) is 0 Å². The van der Waals surface area contributed by atoms with Crippen molar-refractivity contribution in [3.8, 4) is 5.88 Å². The van der Waals surface area contributed by atoms with Crippen LogP contribution in [0.5, 0.6) is 5.88 Å². The summed E-state index contributed by atoms with van der Waals surface area (Å²) in [6.45, 7) is 3.91. The van der Waals surface area contributed by atoms with Gasteiger partial charge in [-0.15, -0.1) is 0 Å². The van der Waals surface area contributed by atoms with E-state index in [1.165, 1.54) is 19.2 Å². The molecule has 1 rings (SSSR count). The molecule has 0 unspecified atom stereocenters. The zero-order valence-corrected chi connectivity index (χ0v) is 11.3. The highest BCUT2D eigenvalue weighted by atomic mass is 16.6. The van der Waals surface area contributed by atoms with Crippen molar-refractivity contribution in [3.63, 3.8) is 0 Å². The molecule has 0 aliphatic rings. The molecule has 1 aromatic heterocycles. The maximum absolute atomic E-state index is 10.9. The molecule has 1 heterocycles. The van der Waals surface area contributed by atoms with Crippen molar-refractivity contribution in [1.29, 1.82) is 0 Å². The predicted molar refractivity (Wildman–Crippen MR) is 71.5 cm³/mol. The van der Waals surface area contributed by atoms with Crippen LogP contribution in [0.3, 0.4) is 0 Å². The molecule has 0 fully saturated rings. The van der Waals surface area contributed by atoms with Gasteiger partial charge in [0.2, 0.25) is 11.7 Å². The van der Waals surface area contributed by atoms with Gasteiger partial charge >= 0.3 is 5.69 Å². The van der Waals surface area contributed by atoms with Gasteiger partial charge in [0, 0.05) is 18.7 Å². The Morgan fingerprint density at radius 2 is 2.11 bits per heavy atom. The largest absolute Gasteiger partial charge is 0.481 e. The molecular weight excluding hydrogens is 250 g/mol. The van der Waals surface area contributed by atoms with Gasteiger partial charge < -0.3 is 15.2 Å². The number of nitro groups is 1. The average molecular weight is 269 g/mol. The van der Waals surface area contributed by atoms with E-state index in [0.29, 0.717) is 12.8 Å². The van der Waals surface area contributed by atoms with Crippen molar-refractivity contribution < 1.29 is 14.8 Å². The van der Waals surface area contributed by atoms with Crippen molar-refractivity contribution >= 4 is 11.5 Å². The van der Waals surface area contributed by atoms with Gasteiger partial charge in [0.25, 0.3) is 0 Å². The van der Waals surface area contributed by atoms with Gasteiger partial charge in [-0.2, -0.15) is 4.98 Å². The van der Waals surface area contributed by atoms with Gasteiger partial charge in [0.15, 0.2) is 0 Å². The minimum Gasteiger partial charge on any atom is -0.481 e. The maximum Gasteiger partial charge on any atom is 0.311 e. The van der Waals surface area contributed by atoms with Crippen LogP contribution in [0.1, 0.15) is 26.7 Å². The number of nitrogens with one attached hydrogen (secondary N) is 1. The van der Waals surface area contributed by atoms with Crippen LogP contribution in [0.15, 0.2) is 12.1 Å². The third-order valence-corrected chi connectivity index (χ3v) is 3.16. The number of pyridine rings is 1. The van der Waals surface area contributed by atoms with Crippen molar-refractivity contribution in [2.24, 2.45) is 0 Å². The molecule has 1 aromatic rings. The minimum atomic E-state index is -0.904. The first-order valence-electron chi connectivity index (χ1n) is 6.11. The second-order valence-electron chi connectivity index (χ2n) is 4.26. The minimum absolute atomic E-state index is 0.102. The highest BCUT2D eigenvalue weighted by molar-refractivity contribution is 5.57. The number of rotatable bonds is 7. The van der Waals surface area contributed by atoms with Crippen LogP contribution in [0.4, 0.5) is 11.5 Å². The molecular formula is C12H19N3O4. The Morgan fingerprint density at radius 1 is 1.47 bits per heavy atom. The first kappa shape index (κ1) is 15.2. The third-order valence-electron chi connectivity index (χ3n) is 3.16. The normalized spacial score (nSPS) is 11.2. The van der Waals surface area contributed by atoms with Crippen molar-refractivity contribution in [3.05, 3.63) is 22.2 Å². The van der Waals surface area contributed by atoms with E-state index in [-0.39, 0.29) is 23.9 Å². The van der Waals surface area contributed by atoms with Crippen LogP contribution >= 0.6 is 0 Å². The molecule has 106 valence electrons. The van der Waals surface area contributed by atoms with Crippen molar-refractivity contribution in [2.45, 2.75) is 32.3 Å². The zero-order chi connectivity index (χ0) is 14.5. The van der Waals surface area contributed by atoms with E-state index in [1.807, 2.05) is 13.8 Å². The highest BCUT2D eigenvalue weighted by Gasteiger charge is 2.24. The van der Waals surface area contributed by atoms with E-state index in [0.717, 1.165) is 0 Å². The lowest BCUT2D eigenvalue weighted by Gasteiger charge is -2.25. The smallest absolute Gasteiger partial charge is 0.311 e. The number of hydrogen-bond acceptors (Lipinski definition) is 6. The molecule has 0 amide bonds. The Balaban J connectivity index is 2.95. The summed E-state index contributed by atoms with van der Waals surface area (Å²) in [5.74, 6) is 0.384. The molecule has 7 heteroatoms. The number of hydrogen-bond donors (Lipinski definition) is 2. The Labute approximate surface area is 111 Å². The fraction of sp³-hybridized carbons (Fsp3) is 0.583. The summed E-state index contributed by atoms with van der Waals surface area (Å²) in [6.07, 6.45) is 1.10. The topological polar surface area (TPSA) is 97.5 Å². The molecule has 0 aromatic carbocycles. The summed E-state index contributed by atoms with van der Waals surface area (Å²) in [6, 6.07) is 2.75. The number of anilines is 1. The second kappa shape index (κ2) is 6.33. The fourth-order valence-electron chi connectivity index (χ4n) is 1.57. The molecule has 0 aliphatic heterocycles. The van der Waals surface area contributed by atoms with Crippen LogP contribution < -0.4 is 10.1 Å². The Kier molecular flexibility index (Phi) is 5.05. The van der Waals surface area contributed by atoms with Gasteiger partial charge in [-0.25, -0.2) is 0 Å². The van der Waals surface area contributed by atoms with Gasteiger partial charge in [-0.1, -0.05) is 13.8 Å². The number of methoxy groups -OCH3 is 1. The van der Waals surface area contributed by atoms with Crippen LogP contribution in [-0.2, 0) is 0 Å². The number of aromatic nitrogens is 1. The van der Waals surface area contributed by atoms with Crippen LogP contribution in [-0.4, -0.2) is 34.3 Å². The zero-order valence-electron chi connectivity index (χ0n) is 11.3. The molecule has 19 heavy (non-hydrogen) atoms. The molecule has 0 saturated carbocycles. The summed E-state index contributed by atoms with van der Waals surface area (Å²) < 4.78 is 4.94. The monoisotopic (exact) mass is 269 g/mol. The van der Waals surface area contributed by atoms with Gasteiger partial charge in [0.05, 0.1) is 17.6 Å². The van der Waals surface area contributed by atoms with Crippen LogP contribution in [0.25, 0.3) is 0 Å².